The van der Waals surface area contributed by atoms with Crippen molar-refractivity contribution in [3.8, 4) is 5.75 Å². The second kappa shape index (κ2) is 14.7. The maximum Gasteiger partial charge on any atom is 0.239 e. The van der Waals surface area contributed by atoms with Gasteiger partial charge in [-0.05, 0) is 61.3 Å². The summed E-state index contributed by atoms with van der Waals surface area (Å²) in [6, 6.07) is 7.66. The fourth-order valence-corrected chi connectivity index (χ4v) is 5.75. The molecule has 3 rings (SSSR count). The normalized spacial score (nSPS) is 23.9. The molecule has 0 spiro atoms. The number of benzene rings is 1. The summed E-state index contributed by atoms with van der Waals surface area (Å²) < 4.78 is 0. The molecule has 1 saturated carbocycles. The van der Waals surface area contributed by atoms with Crippen molar-refractivity contribution in [2.24, 2.45) is 17.8 Å². The van der Waals surface area contributed by atoms with Gasteiger partial charge in [0, 0.05) is 19.6 Å². The Balaban J connectivity index is 0.00000306. The third-order valence-corrected chi connectivity index (χ3v) is 8.06. The predicted molar refractivity (Wildman–Crippen MR) is 143 cm³/mol. The first-order chi connectivity index (χ1) is 15.8. The number of hydrogen-bond acceptors (Lipinski definition) is 4. The van der Waals surface area contributed by atoms with E-state index in [1.54, 1.807) is 6.07 Å². The summed E-state index contributed by atoms with van der Waals surface area (Å²) in [4.78, 5) is 27.4. The molecule has 3 unspecified atom stereocenters. The minimum Gasteiger partial charge on any atom is -0.508 e. The summed E-state index contributed by atoms with van der Waals surface area (Å²) >= 11 is 0. The summed E-state index contributed by atoms with van der Waals surface area (Å²) in [6.07, 6.45) is 8.17. The van der Waals surface area contributed by atoms with Gasteiger partial charge >= 0.3 is 0 Å². The first-order valence-electron chi connectivity index (χ1n) is 12.9. The van der Waals surface area contributed by atoms with E-state index in [1.165, 1.54) is 37.7 Å². The molecule has 8 heteroatoms. The van der Waals surface area contributed by atoms with Crippen LogP contribution < -0.4 is 10.6 Å². The molecule has 1 aromatic carbocycles. The summed E-state index contributed by atoms with van der Waals surface area (Å²) in [5, 5.41) is 15.6. The second-order valence-corrected chi connectivity index (χ2v) is 10.5. The lowest BCUT2D eigenvalue weighted by Crippen LogP contribution is -2.50. The molecule has 1 aliphatic heterocycles. The number of nitrogens with one attached hydrogen (secondary N) is 2. The molecule has 0 radical (unpaired) electrons. The zero-order valence-electron chi connectivity index (χ0n) is 21.6. The van der Waals surface area contributed by atoms with E-state index in [2.05, 4.69) is 35.4 Å². The number of hydrogen-bond donors (Lipinski definition) is 3. The lowest BCUT2D eigenvalue weighted by atomic mass is 9.68. The van der Waals surface area contributed by atoms with Crippen LogP contribution in [-0.4, -0.2) is 60.0 Å². The highest BCUT2D eigenvalue weighted by Crippen LogP contribution is 2.40. The van der Waals surface area contributed by atoms with Gasteiger partial charge in [-0.1, -0.05) is 58.1 Å². The molecule has 1 saturated heterocycles. The van der Waals surface area contributed by atoms with Gasteiger partial charge in [0.25, 0.3) is 0 Å². The molecule has 1 heterocycles. The fourth-order valence-electron chi connectivity index (χ4n) is 5.75. The highest BCUT2D eigenvalue weighted by atomic mass is 35.5. The minimum absolute atomic E-state index is 0. The Bertz CT molecular complexity index is 802. The van der Waals surface area contributed by atoms with Gasteiger partial charge in [-0.2, -0.15) is 0 Å². The van der Waals surface area contributed by atoms with Gasteiger partial charge in [-0.25, -0.2) is 0 Å². The molecule has 2 fully saturated rings. The summed E-state index contributed by atoms with van der Waals surface area (Å²) in [6.45, 7) is 9.69. The number of carbonyl (C=O) groups excluding carboxylic acids is 2. The van der Waals surface area contributed by atoms with Gasteiger partial charge in [0.2, 0.25) is 11.8 Å². The summed E-state index contributed by atoms with van der Waals surface area (Å²) in [7, 11) is 0. The number of nitrogens with zero attached hydrogens (tertiary/aromatic N) is 1. The molecule has 35 heavy (non-hydrogen) atoms. The molecule has 5 N–H and O–H groups in total. The van der Waals surface area contributed by atoms with Crippen LogP contribution >= 0.6 is 12.4 Å². The number of piperidine rings is 1. The quantitative estimate of drug-likeness (QED) is 0.471. The van der Waals surface area contributed by atoms with E-state index in [1.807, 2.05) is 19.1 Å². The SMILES string of the molecule is CCNC(=O)CNC(=O)C(CC1CCCCC1)CN1CCC(C)(c2cccc(O)c2)C(C)C1.Cl.O. The van der Waals surface area contributed by atoms with Gasteiger partial charge < -0.3 is 26.1 Å². The standard InChI is InChI=1S/C27H43N3O3.ClH.H2O/c1-4-28-25(32)17-29-26(33)22(15-21-9-6-5-7-10-21)19-30-14-13-27(3,20(2)18-30)23-11-8-12-24(31)16-23;;/h8,11-12,16,20-22,31H,4-7,9-10,13-15,17-19H2,1-3H3,(H,28,32)(H,29,33);1H;1H2. The Labute approximate surface area is 217 Å². The molecule has 1 aromatic rings. The first-order valence-corrected chi connectivity index (χ1v) is 12.9. The van der Waals surface area contributed by atoms with Crippen LogP contribution in [0.5, 0.6) is 5.75 Å². The van der Waals surface area contributed by atoms with Crippen molar-refractivity contribution in [3.63, 3.8) is 0 Å². The van der Waals surface area contributed by atoms with Crippen LogP contribution in [0.1, 0.15) is 71.3 Å². The molecular weight excluding hydrogens is 466 g/mol. The minimum atomic E-state index is -0.129. The second-order valence-electron chi connectivity index (χ2n) is 10.5. The molecule has 0 aromatic heterocycles. The van der Waals surface area contributed by atoms with E-state index in [9.17, 15) is 14.7 Å². The highest BCUT2D eigenvalue weighted by Gasteiger charge is 2.39. The molecule has 7 nitrogen and oxygen atoms in total. The summed E-state index contributed by atoms with van der Waals surface area (Å²) in [5.74, 6) is 1.14. The number of halogens is 1. The van der Waals surface area contributed by atoms with Crippen LogP contribution in [0.25, 0.3) is 0 Å². The van der Waals surface area contributed by atoms with Crippen molar-refractivity contribution < 1.29 is 20.2 Å². The molecule has 2 aliphatic rings. The number of phenols is 1. The monoisotopic (exact) mass is 511 g/mol. The Kier molecular flexibility index (Phi) is 13.1. The maximum atomic E-state index is 13.1. The number of likely N-dealkylation sites (N-methyl/N-ethyl adjacent to an activating group) is 1. The lowest BCUT2D eigenvalue weighted by Gasteiger charge is -2.46. The lowest BCUT2D eigenvalue weighted by molar-refractivity contribution is -0.129. The van der Waals surface area contributed by atoms with Crippen LogP contribution in [-0.2, 0) is 15.0 Å². The van der Waals surface area contributed by atoms with Gasteiger partial charge in [-0.3, -0.25) is 9.59 Å². The number of aromatic hydroxyl groups is 1. The number of amides is 2. The molecule has 200 valence electrons. The van der Waals surface area contributed by atoms with Gasteiger partial charge in [0.05, 0.1) is 12.5 Å². The van der Waals surface area contributed by atoms with Crippen LogP contribution in [0, 0.1) is 17.8 Å². The van der Waals surface area contributed by atoms with Crippen LogP contribution in [0.3, 0.4) is 0 Å². The topological polar surface area (TPSA) is 113 Å². The van der Waals surface area contributed by atoms with Crippen LogP contribution in [0.2, 0.25) is 0 Å². The van der Waals surface area contributed by atoms with Gasteiger partial charge in [0.15, 0.2) is 0 Å². The van der Waals surface area contributed by atoms with E-state index in [-0.39, 0.29) is 47.6 Å². The molecule has 2 amide bonds. The predicted octanol–water partition coefficient (Wildman–Crippen LogP) is 3.43. The van der Waals surface area contributed by atoms with Gasteiger partial charge in [-0.15, -0.1) is 12.4 Å². The van der Waals surface area contributed by atoms with Crippen molar-refractivity contribution in [2.45, 2.75) is 71.1 Å². The number of likely N-dealkylation sites (tertiary alicyclic amines) is 1. The average molecular weight is 512 g/mol. The van der Waals surface area contributed by atoms with Crippen LogP contribution in [0.15, 0.2) is 24.3 Å². The number of carbonyl (C=O) groups is 2. The Morgan fingerprint density at radius 1 is 1.20 bits per heavy atom. The van der Waals surface area contributed by atoms with Crippen molar-refractivity contribution in [3.05, 3.63) is 29.8 Å². The summed E-state index contributed by atoms with van der Waals surface area (Å²) in [5.41, 5.74) is 1.20. The Hall–Kier alpha value is -1.83. The molecular formula is C27H46ClN3O4. The molecule has 0 bridgehead atoms. The van der Waals surface area contributed by atoms with Crippen molar-refractivity contribution in [1.29, 1.82) is 0 Å². The van der Waals surface area contributed by atoms with E-state index in [4.69, 9.17) is 0 Å². The number of phenolic OH excluding ortho intramolecular Hbond substituents is 1. The smallest absolute Gasteiger partial charge is 0.239 e. The highest BCUT2D eigenvalue weighted by molar-refractivity contribution is 5.86. The van der Waals surface area contributed by atoms with Crippen LogP contribution in [0.4, 0.5) is 0 Å². The average Bonchev–Trinajstić information content (AvgIpc) is 2.80. The largest absolute Gasteiger partial charge is 0.508 e. The van der Waals surface area contributed by atoms with Crippen molar-refractivity contribution in [2.75, 3.05) is 32.7 Å². The van der Waals surface area contributed by atoms with E-state index < -0.39 is 0 Å². The molecule has 3 atom stereocenters. The van der Waals surface area contributed by atoms with Gasteiger partial charge in [0.1, 0.15) is 5.75 Å². The Morgan fingerprint density at radius 3 is 2.54 bits per heavy atom. The first kappa shape index (κ1) is 31.2. The zero-order chi connectivity index (χ0) is 23.8. The molecule has 1 aliphatic carbocycles. The maximum absolute atomic E-state index is 13.1. The zero-order valence-corrected chi connectivity index (χ0v) is 22.5. The third kappa shape index (κ3) is 8.65. The van der Waals surface area contributed by atoms with E-state index in [0.717, 1.165) is 32.5 Å². The third-order valence-electron chi connectivity index (χ3n) is 8.06. The Morgan fingerprint density at radius 2 is 1.91 bits per heavy atom. The van der Waals surface area contributed by atoms with Crippen molar-refractivity contribution >= 4 is 24.2 Å². The van der Waals surface area contributed by atoms with E-state index in [0.29, 0.717) is 24.1 Å². The number of rotatable bonds is 9. The fraction of sp³-hybridized carbons (Fsp3) is 0.704. The van der Waals surface area contributed by atoms with E-state index >= 15 is 0 Å². The van der Waals surface area contributed by atoms with Crippen molar-refractivity contribution in [1.82, 2.24) is 15.5 Å².